The van der Waals surface area contributed by atoms with Crippen molar-refractivity contribution in [3.8, 4) is 0 Å². The number of methoxy groups -OCH3 is 1. The maximum atomic E-state index is 11.6. The van der Waals surface area contributed by atoms with E-state index in [0.717, 1.165) is 19.4 Å². The van der Waals surface area contributed by atoms with Crippen LogP contribution in [0.1, 0.15) is 63.4 Å². The van der Waals surface area contributed by atoms with E-state index in [1.807, 2.05) is 7.05 Å². The number of esters is 1. The summed E-state index contributed by atoms with van der Waals surface area (Å²) in [6.07, 6.45) is 8.65. The molecule has 2 amide bonds. The summed E-state index contributed by atoms with van der Waals surface area (Å²) < 4.78 is 4.46. The number of carbonyl (C=O) groups is 3. The zero-order chi connectivity index (χ0) is 28.0. The molecule has 0 aromatic carbocycles. The molecule has 0 bridgehead atoms. The van der Waals surface area contributed by atoms with Gasteiger partial charge in [0.2, 0.25) is 5.91 Å². The van der Waals surface area contributed by atoms with Gasteiger partial charge in [-0.1, -0.05) is 28.2 Å². The maximum Gasteiger partial charge on any atom is 1.00 e. The Labute approximate surface area is 323 Å². The second kappa shape index (κ2) is 23.0. The van der Waals surface area contributed by atoms with E-state index in [0.29, 0.717) is 35.6 Å². The van der Waals surface area contributed by atoms with E-state index >= 15 is 0 Å². The number of carbonyl (C=O) groups excluding carboxylic acids is 3. The van der Waals surface area contributed by atoms with Crippen molar-refractivity contribution < 1.29 is 132 Å². The standard InChI is InChI=1S/C11H12N2O2.C7H7NO2.C5H9NO.C4H9O.CH4.2K/c1-13-6-4-9(11(13)15)10(14)8-3-2-5-12-7-8;1-10-7(9)6-3-2-4-8-5-6;1-6-4-2-3-5(6)7;1-4(2,3)5;;;/h2-3,5,7,14H,4,6H2,1H3;2-5H,1H3;2-4H2,1H3;1-3H3;1H4;;/q;;;-1;;2*+1. The van der Waals surface area contributed by atoms with Crippen LogP contribution in [0.15, 0.2) is 54.6 Å². The van der Waals surface area contributed by atoms with Crippen LogP contribution in [0.2, 0.25) is 0 Å². The zero-order valence-electron chi connectivity index (χ0n) is 24.4. The van der Waals surface area contributed by atoms with Crippen LogP contribution >= 0.6 is 0 Å². The van der Waals surface area contributed by atoms with E-state index in [1.54, 1.807) is 80.5 Å². The summed E-state index contributed by atoms with van der Waals surface area (Å²) in [4.78, 5) is 43.9. The Balaban J connectivity index is -0.000000481. The van der Waals surface area contributed by atoms with Gasteiger partial charge in [0.15, 0.2) is 0 Å². The van der Waals surface area contributed by atoms with Crippen molar-refractivity contribution >= 4 is 23.5 Å². The van der Waals surface area contributed by atoms with Crippen LogP contribution in [-0.2, 0) is 14.3 Å². The smallest absolute Gasteiger partial charge is 0.850 e. The van der Waals surface area contributed by atoms with Gasteiger partial charge in [-0.2, -0.15) is 0 Å². The Morgan fingerprint density at radius 3 is 1.75 bits per heavy atom. The van der Waals surface area contributed by atoms with Gasteiger partial charge in [0.25, 0.3) is 5.91 Å². The van der Waals surface area contributed by atoms with Gasteiger partial charge in [-0.3, -0.25) is 19.6 Å². The summed E-state index contributed by atoms with van der Waals surface area (Å²) in [7, 11) is 4.91. The summed E-state index contributed by atoms with van der Waals surface area (Å²) in [5.41, 5.74) is 0.798. The predicted molar refractivity (Wildman–Crippen MR) is 145 cm³/mol. The van der Waals surface area contributed by atoms with Crippen LogP contribution < -0.4 is 108 Å². The minimum absolute atomic E-state index is 0. The summed E-state index contributed by atoms with van der Waals surface area (Å²) in [5, 5.41) is 20.0. The summed E-state index contributed by atoms with van der Waals surface area (Å²) in [5.74, 6) is -0.109. The number of nitrogens with zero attached hydrogens (tertiary/aromatic N) is 4. The Kier molecular flexibility index (Phi) is 25.3. The number of hydrogen-bond donors (Lipinski definition) is 1. The number of likely N-dealkylation sites (tertiary alicyclic amines) is 2. The maximum absolute atomic E-state index is 11.6. The topological polar surface area (TPSA) is 136 Å². The van der Waals surface area contributed by atoms with Crippen LogP contribution in [0.4, 0.5) is 0 Å². The van der Waals surface area contributed by atoms with Gasteiger partial charge in [0, 0.05) is 64.0 Å². The van der Waals surface area contributed by atoms with Crippen molar-refractivity contribution in [1.29, 1.82) is 0 Å². The van der Waals surface area contributed by atoms with E-state index in [9.17, 15) is 24.6 Å². The van der Waals surface area contributed by atoms with E-state index in [4.69, 9.17) is 0 Å². The Bertz CT molecular complexity index is 1040. The minimum Gasteiger partial charge on any atom is -0.850 e. The molecule has 0 spiro atoms. The molecule has 2 aromatic rings. The Hall–Kier alpha value is -0.517. The van der Waals surface area contributed by atoms with E-state index in [-0.39, 0.29) is 128 Å². The first-order valence-electron chi connectivity index (χ1n) is 11.9. The second-order valence-corrected chi connectivity index (χ2v) is 9.31. The number of hydrogen-bond acceptors (Lipinski definition) is 8. The molecule has 0 atom stereocenters. The van der Waals surface area contributed by atoms with Crippen molar-refractivity contribution in [2.45, 2.75) is 53.1 Å². The van der Waals surface area contributed by atoms with Crippen molar-refractivity contribution in [3.05, 3.63) is 65.8 Å². The van der Waals surface area contributed by atoms with E-state index < -0.39 is 5.60 Å². The third-order valence-electron chi connectivity index (χ3n) is 4.92. The van der Waals surface area contributed by atoms with Gasteiger partial charge in [-0.05, 0) is 37.1 Å². The number of aromatic nitrogens is 2. The number of likely N-dealkylation sites (N-methyl/N-ethyl adjacent to an activating group) is 1. The molecule has 0 aliphatic carbocycles. The van der Waals surface area contributed by atoms with E-state index in [1.165, 1.54) is 13.3 Å². The normalized spacial score (nSPS) is 14.8. The molecule has 2 saturated heterocycles. The summed E-state index contributed by atoms with van der Waals surface area (Å²) in [6, 6.07) is 6.81. The molecular weight excluding hydrogens is 567 g/mol. The number of aliphatic hydroxyl groups excluding tert-OH is 1. The molecule has 2 aromatic heterocycles. The molecule has 210 valence electrons. The third kappa shape index (κ3) is 18.1. The number of amides is 2. The molecule has 12 heteroatoms. The molecule has 2 aliphatic heterocycles. The fourth-order valence-electron chi connectivity index (χ4n) is 3.00. The molecular formula is C28H41K2N4O6+. The molecule has 0 unspecified atom stereocenters. The monoisotopic (exact) mass is 607 g/mol. The zero-order valence-corrected chi connectivity index (χ0v) is 30.7. The molecule has 10 nitrogen and oxygen atoms in total. The minimum atomic E-state index is -0.750. The van der Waals surface area contributed by atoms with Gasteiger partial charge in [0.05, 0.1) is 18.2 Å². The van der Waals surface area contributed by atoms with Crippen LogP contribution in [0.3, 0.4) is 0 Å². The predicted octanol–water partition coefficient (Wildman–Crippen LogP) is -2.89. The molecule has 0 radical (unpaired) electrons. The summed E-state index contributed by atoms with van der Waals surface area (Å²) in [6.45, 7) is 6.52. The van der Waals surface area contributed by atoms with Gasteiger partial charge in [0.1, 0.15) is 5.76 Å². The largest absolute Gasteiger partial charge is 1.00 e. The van der Waals surface area contributed by atoms with Crippen molar-refractivity contribution in [2.24, 2.45) is 0 Å². The van der Waals surface area contributed by atoms with Crippen LogP contribution in [0.5, 0.6) is 0 Å². The Morgan fingerprint density at radius 1 is 0.950 bits per heavy atom. The average Bonchev–Trinajstić information content (AvgIpc) is 3.42. The quantitative estimate of drug-likeness (QED) is 0.166. The third-order valence-corrected chi connectivity index (χ3v) is 4.92. The average molecular weight is 608 g/mol. The SMILES string of the molecule is C.CC(C)(C)[O-].CN1CCC(=C(O)c2cccnc2)C1=O.CN1CCCC1=O.COC(=O)c1cccnc1.[K+].[K+]. The molecule has 4 rings (SSSR count). The van der Waals surface area contributed by atoms with Gasteiger partial charge in [-0.15, -0.1) is 5.60 Å². The number of pyridine rings is 2. The Morgan fingerprint density at radius 2 is 1.45 bits per heavy atom. The molecule has 0 saturated carbocycles. The van der Waals surface area contributed by atoms with Crippen molar-refractivity contribution in [2.75, 3.05) is 34.3 Å². The van der Waals surface area contributed by atoms with Crippen LogP contribution in [0.25, 0.3) is 5.76 Å². The number of rotatable bonds is 2. The molecule has 2 fully saturated rings. The first kappa shape index (κ1) is 43.9. The fourth-order valence-corrected chi connectivity index (χ4v) is 3.00. The fraction of sp³-hybridized carbons (Fsp3) is 0.464. The van der Waals surface area contributed by atoms with Crippen molar-refractivity contribution in [1.82, 2.24) is 19.8 Å². The molecule has 2 aliphatic rings. The van der Waals surface area contributed by atoms with Crippen molar-refractivity contribution in [3.63, 3.8) is 0 Å². The number of aliphatic hydroxyl groups is 1. The van der Waals surface area contributed by atoms with Gasteiger partial charge >= 0.3 is 109 Å². The van der Waals surface area contributed by atoms with Gasteiger partial charge in [-0.25, -0.2) is 4.79 Å². The number of ether oxygens (including phenoxy) is 1. The molecule has 40 heavy (non-hydrogen) atoms. The summed E-state index contributed by atoms with van der Waals surface area (Å²) >= 11 is 0. The van der Waals surface area contributed by atoms with Crippen LogP contribution in [-0.4, -0.2) is 82.6 Å². The van der Waals surface area contributed by atoms with Gasteiger partial charge < -0.3 is 24.7 Å². The molecule has 1 N–H and O–H groups in total. The second-order valence-electron chi connectivity index (χ2n) is 9.31. The molecule has 4 heterocycles. The van der Waals surface area contributed by atoms with Crippen LogP contribution in [0, 0.1) is 0 Å². The first-order valence-corrected chi connectivity index (χ1v) is 11.9. The van der Waals surface area contributed by atoms with E-state index in [2.05, 4.69) is 14.7 Å². The first-order chi connectivity index (χ1) is 17.3.